The van der Waals surface area contributed by atoms with Crippen LogP contribution in [0.4, 0.5) is 0 Å². The number of aryl methyl sites for hydroxylation is 1. The Labute approximate surface area is 127 Å². The number of rotatable bonds is 4. The van der Waals surface area contributed by atoms with E-state index >= 15 is 0 Å². The lowest BCUT2D eigenvalue weighted by atomic mass is 10.0. The minimum absolute atomic E-state index is 0.540. The van der Waals surface area contributed by atoms with E-state index in [-0.39, 0.29) is 0 Å². The molecule has 2 heterocycles. The van der Waals surface area contributed by atoms with Gasteiger partial charge in [0.15, 0.2) is 0 Å². The molecule has 3 rings (SSSR count). The highest BCUT2D eigenvalue weighted by molar-refractivity contribution is 5.21. The van der Waals surface area contributed by atoms with Gasteiger partial charge in [-0.15, -0.1) is 0 Å². The van der Waals surface area contributed by atoms with Gasteiger partial charge in [-0.05, 0) is 36.1 Å². The number of nitrogens with one attached hydrogen (secondary N) is 1. The first-order valence-corrected chi connectivity index (χ1v) is 7.70. The molecular formula is C18H23N3. The van der Waals surface area contributed by atoms with E-state index in [1.54, 1.807) is 0 Å². The van der Waals surface area contributed by atoms with Gasteiger partial charge in [0.05, 0.1) is 0 Å². The smallest absolute Gasteiger partial charge is 0.0315 e. The molecule has 2 aromatic rings. The lowest BCUT2D eigenvalue weighted by molar-refractivity contribution is 0.191. The van der Waals surface area contributed by atoms with Gasteiger partial charge in [-0.3, -0.25) is 9.88 Å². The monoisotopic (exact) mass is 281 g/mol. The zero-order chi connectivity index (χ0) is 14.5. The molecule has 1 atom stereocenters. The van der Waals surface area contributed by atoms with E-state index in [1.807, 2.05) is 12.4 Å². The first kappa shape index (κ1) is 14.2. The molecule has 0 amide bonds. The van der Waals surface area contributed by atoms with Gasteiger partial charge in [-0.1, -0.05) is 30.3 Å². The summed E-state index contributed by atoms with van der Waals surface area (Å²) in [6, 6.07) is 13.4. The minimum atomic E-state index is 0.540. The van der Waals surface area contributed by atoms with Crippen LogP contribution in [0, 0.1) is 6.92 Å². The summed E-state index contributed by atoms with van der Waals surface area (Å²) in [5.74, 6) is 0. The second-order valence-corrected chi connectivity index (χ2v) is 5.88. The van der Waals surface area contributed by atoms with Gasteiger partial charge in [-0.2, -0.15) is 0 Å². The van der Waals surface area contributed by atoms with Crippen LogP contribution in [0.2, 0.25) is 0 Å². The van der Waals surface area contributed by atoms with Crippen LogP contribution in [0.15, 0.2) is 48.8 Å². The van der Waals surface area contributed by atoms with Crippen molar-refractivity contribution in [1.29, 1.82) is 0 Å². The number of benzene rings is 1. The van der Waals surface area contributed by atoms with E-state index in [4.69, 9.17) is 0 Å². The van der Waals surface area contributed by atoms with Gasteiger partial charge in [0.2, 0.25) is 0 Å². The molecule has 0 radical (unpaired) electrons. The first-order chi connectivity index (χ1) is 10.3. The van der Waals surface area contributed by atoms with Crippen molar-refractivity contribution in [2.24, 2.45) is 0 Å². The third-order valence-electron chi connectivity index (χ3n) is 4.21. The minimum Gasteiger partial charge on any atom is -0.311 e. The average molecular weight is 281 g/mol. The highest BCUT2D eigenvalue weighted by atomic mass is 15.2. The van der Waals surface area contributed by atoms with Crippen molar-refractivity contribution in [2.75, 3.05) is 19.6 Å². The largest absolute Gasteiger partial charge is 0.311 e. The fraction of sp³-hybridized carbons (Fsp3) is 0.389. The lowest BCUT2D eigenvalue weighted by Gasteiger charge is -2.34. The summed E-state index contributed by atoms with van der Waals surface area (Å²) in [5, 5.41) is 3.64. The van der Waals surface area contributed by atoms with E-state index in [0.29, 0.717) is 6.04 Å². The first-order valence-electron chi connectivity index (χ1n) is 7.70. The molecule has 21 heavy (non-hydrogen) atoms. The second-order valence-electron chi connectivity index (χ2n) is 5.88. The van der Waals surface area contributed by atoms with Crippen molar-refractivity contribution in [3.05, 3.63) is 65.5 Å². The van der Waals surface area contributed by atoms with Crippen LogP contribution in [0.1, 0.15) is 16.7 Å². The maximum Gasteiger partial charge on any atom is 0.0315 e. The van der Waals surface area contributed by atoms with Crippen molar-refractivity contribution in [3.63, 3.8) is 0 Å². The SMILES string of the molecule is Cc1ccncc1CN1CCNC(Cc2ccccc2)C1. The van der Waals surface area contributed by atoms with Gasteiger partial charge in [0.1, 0.15) is 0 Å². The third kappa shape index (κ3) is 3.90. The molecule has 110 valence electrons. The molecule has 1 saturated heterocycles. The van der Waals surface area contributed by atoms with E-state index in [9.17, 15) is 0 Å². The van der Waals surface area contributed by atoms with Crippen LogP contribution in [0.25, 0.3) is 0 Å². The molecule has 1 fully saturated rings. The van der Waals surface area contributed by atoms with Crippen LogP contribution in [-0.4, -0.2) is 35.6 Å². The van der Waals surface area contributed by atoms with Crippen LogP contribution in [0.5, 0.6) is 0 Å². The second kappa shape index (κ2) is 6.83. The van der Waals surface area contributed by atoms with E-state index in [1.165, 1.54) is 16.7 Å². The zero-order valence-corrected chi connectivity index (χ0v) is 12.6. The van der Waals surface area contributed by atoms with Crippen molar-refractivity contribution < 1.29 is 0 Å². The molecule has 0 aliphatic carbocycles. The molecule has 3 heteroatoms. The highest BCUT2D eigenvalue weighted by Gasteiger charge is 2.19. The summed E-state index contributed by atoms with van der Waals surface area (Å²) in [6.45, 7) is 6.45. The third-order valence-corrected chi connectivity index (χ3v) is 4.21. The van der Waals surface area contributed by atoms with E-state index < -0.39 is 0 Å². The Kier molecular flexibility index (Phi) is 4.63. The van der Waals surface area contributed by atoms with Crippen LogP contribution >= 0.6 is 0 Å². The fourth-order valence-corrected chi connectivity index (χ4v) is 2.98. The molecular weight excluding hydrogens is 258 g/mol. The molecule has 1 aromatic heterocycles. The lowest BCUT2D eigenvalue weighted by Crippen LogP contribution is -2.51. The molecule has 1 aliphatic rings. The Morgan fingerprint density at radius 1 is 1.24 bits per heavy atom. The Balaban J connectivity index is 1.60. The van der Waals surface area contributed by atoms with Gasteiger partial charge in [0.25, 0.3) is 0 Å². The normalized spacial score (nSPS) is 19.6. The van der Waals surface area contributed by atoms with Crippen molar-refractivity contribution >= 4 is 0 Å². The van der Waals surface area contributed by atoms with Crippen LogP contribution in [-0.2, 0) is 13.0 Å². The predicted octanol–water partition coefficient (Wildman–Crippen LogP) is 2.41. The van der Waals surface area contributed by atoms with Gasteiger partial charge < -0.3 is 5.32 Å². The maximum atomic E-state index is 4.26. The van der Waals surface area contributed by atoms with Crippen molar-refractivity contribution in [3.8, 4) is 0 Å². The standard InChI is InChI=1S/C18H23N3/c1-15-7-8-19-12-17(15)13-21-10-9-20-18(14-21)11-16-5-3-2-4-6-16/h2-8,12,18,20H,9-11,13-14H2,1H3. The fourth-order valence-electron chi connectivity index (χ4n) is 2.98. The Morgan fingerprint density at radius 3 is 2.90 bits per heavy atom. The van der Waals surface area contributed by atoms with E-state index in [0.717, 1.165) is 32.6 Å². The predicted molar refractivity (Wildman–Crippen MR) is 86.2 cm³/mol. The highest BCUT2D eigenvalue weighted by Crippen LogP contribution is 2.13. The van der Waals surface area contributed by atoms with E-state index in [2.05, 4.69) is 58.5 Å². The topological polar surface area (TPSA) is 28.2 Å². The Bertz CT molecular complexity index is 568. The molecule has 0 saturated carbocycles. The van der Waals surface area contributed by atoms with Crippen molar-refractivity contribution in [2.45, 2.75) is 25.9 Å². The molecule has 1 N–H and O–H groups in total. The summed E-state index contributed by atoms with van der Waals surface area (Å²) in [5.41, 5.74) is 4.09. The number of pyridine rings is 1. The van der Waals surface area contributed by atoms with Crippen LogP contribution < -0.4 is 5.32 Å². The summed E-state index contributed by atoms with van der Waals surface area (Å²) < 4.78 is 0. The Hall–Kier alpha value is -1.71. The molecule has 3 nitrogen and oxygen atoms in total. The molecule has 1 aromatic carbocycles. The molecule has 0 bridgehead atoms. The summed E-state index contributed by atoms with van der Waals surface area (Å²) in [7, 11) is 0. The number of hydrogen-bond acceptors (Lipinski definition) is 3. The maximum absolute atomic E-state index is 4.26. The summed E-state index contributed by atoms with van der Waals surface area (Å²) >= 11 is 0. The van der Waals surface area contributed by atoms with Crippen molar-refractivity contribution in [1.82, 2.24) is 15.2 Å². The summed E-state index contributed by atoms with van der Waals surface area (Å²) in [4.78, 5) is 6.79. The molecule has 0 spiro atoms. The van der Waals surface area contributed by atoms with Gasteiger partial charge >= 0.3 is 0 Å². The van der Waals surface area contributed by atoms with Gasteiger partial charge in [-0.25, -0.2) is 0 Å². The zero-order valence-electron chi connectivity index (χ0n) is 12.6. The number of piperazine rings is 1. The molecule has 1 aliphatic heterocycles. The number of aromatic nitrogens is 1. The van der Waals surface area contributed by atoms with Gasteiger partial charge in [0, 0.05) is 44.6 Å². The number of hydrogen-bond donors (Lipinski definition) is 1. The number of nitrogens with zero attached hydrogens (tertiary/aromatic N) is 2. The summed E-state index contributed by atoms with van der Waals surface area (Å²) in [6.07, 6.45) is 4.97. The Morgan fingerprint density at radius 2 is 2.10 bits per heavy atom. The molecule has 1 unspecified atom stereocenters. The quantitative estimate of drug-likeness (QED) is 0.933. The average Bonchev–Trinajstić information content (AvgIpc) is 2.51. The van der Waals surface area contributed by atoms with Crippen LogP contribution in [0.3, 0.4) is 0 Å².